The topological polar surface area (TPSA) is 203 Å². The number of ether oxygens (including phenoxy) is 2. The summed E-state index contributed by atoms with van der Waals surface area (Å²) >= 11 is 0. The first-order chi connectivity index (χ1) is 24.7. The highest BCUT2D eigenvalue weighted by Crippen LogP contribution is 2.16. The molecule has 4 N–H and O–H groups in total. The van der Waals surface area contributed by atoms with Gasteiger partial charge in [0, 0.05) is 11.4 Å². The van der Waals surface area contributed by atoms with E-state index in [-0.39, 0.29) is 45.5 Å². The zero-order valence-electron chi connectivity index (χ0n) is 28.4. The molecule has 0 saturated heterocycles. The second kappa shape index (κ2) is 18.0. The van der Waals surface area contributed by atoms with E-state index >= 15 is 0 Å². The number of aryl methyl sites for hydroxylation is 2. The Labute approximate surface area is 302 Å². The molecule has 52 heavy (non-hydrogen) atoms. The van der Waals surface area contributed by atoms with Crippen molar-refractivity contribution in [3.63, 3.8) is 0 Å². The number of amides is 4. The van der Waals surface area contributed by atoms with Gasteiger partial charge in [0.25, 0.3) is 20.0 Å². The third-order valence-corrected chi connectivity index (χ3v) is 9.93. The number of anilines is 2. The number of hydrogen-bond donors (Lipinski definition) is 4. The molecule has 0 aliphatic carbocycles. The number of carbonyl (C=O) groups excluding carboxylic acids is 4. The van der Waals surface area contributed by atoms with Crippen molar-refractivity contribution >= 4 is 55.4 Å². The van der Waals surface area contributed by atoms with Crippen LogP contribution in [0.5, 0.6) is 0 Å². The van der Waals surface area contributed by atoms with E-state index in [4.69, 9.17) is 9.47 Å². The van der Waals surface area contributed by atoms with Gasteiger partial charge >= 0.3 is 24.0 Å². The number of rotatable bonds is 15. The standard InChI is InChI=1S/C36H38N4O10S2/c1-25-11-7-17-31(21-25)51(45,46)39-35(43)37-29-15-9-13-27(23-29)33(41)49-19-5-3-4-6-20-50-34(42)28-14-10-16-30(24-28)38-36(44)40-52(47,48)32-18-8-12-26(2)22-32/h7-18,21-24H,3-6,19-20H2,1-2H3,(H2,37,39,43)(H2,38,40,44). The highest BCUT2D eigenvalue weighted by Gasteiger charge is 2.20. The van der Waals surface area contributed by atoms with E-state index in [0.29, 0.717) is 36.8 Å². The molecule has 0 spiro atoms. The van der Waals surface area contributed by atoms with Crippen LogP contribution in [0.15, 0.2) is 107 Å². The van der Waals surface area contributed by atoms with Gasteiger partial charge in [-0.15, -0.1) is 0 Å². The summed E-state index contributed by atoms with van der Waals surface area (Å²) in [4.78, 5) is 49.6. The molecule has 0 bridgehead atoms. The monoisotopic (exact) mass is 750 g/mol. The molecule has 0 unspecified atom stereocenters. The summed E-state index contributed by atoms with van der Waals surface area (Å²) in [5.74, 6) is -1.24. The van der Waals surface area contributed by atoms with Gasteiger partial charge < -0.3 is 20.1 Å². The molecule has 16 heteroatoms. The van der Waals surface area contributed by atoms with E-state index in [0.717, 1.165) is 0 Å². The highest BCUT2D eigenvalue weighted by molar-refractivity contribution is 7.90. The summed E-state index contributed by atoms with van der Waals surface area (Å²) < 4.78 is 64.5. The normalized spacial score (nSPS) is 11.2. The van der Waals surface area contributed by atoms with Gasteiger partial charge in [-0.2, -0.15) is 0 Å². The first-order valence-electron chi connectivity index (χ1n) is 16.1. The van der Waals surface area contributed by atoms with Gasteiger partial charge in [0.1, 0.15) is 0 Å². The molecule has 0 heterocycles. The van der Waals surface area contributed by atoms with Crippen molar-refractivity contribution < 1.29 is 45.5 Å². The fraction of sp³-hybridized carbons (Fsp3) is 0.222. The molecular weight excluding hydrogens is 713 g/mol. The van der Waals surface area contributed by atoms with Crippen LogP contribution >= 0.6 is 0 Å². The van der Waals surface area contributed by atoms with Crippen LogP contribution in [0.25, 0.3) is 0 Å². The van der Waals surface area contributed by atoms with E-state index in [1.807, 2.05) is 9.44 Å². The van der Waals surface area contributed by atoms with Crippen LogP contribution in [0.1, 0.15) is 57.5 Å². The molecule has 0 fully saturated rings. The minimum absolute atomic E-state index is 0.0578. The molecule has 4 aromatic carbocycles. The molecule has 0 aromatic heterocycles. The highest BCUT2D eigenvalue weighted by atomic mass is 32.2. The second-order valence-electron chi connectivity index (χ2n) is 11.6. The van der Waals surface area contributed by atoms with Crippen molar-refractivity contribution in [1.82, 2.24) is 9.44 Å². The Morgan fingerprint density at radius 1 is 0.519 bits per heavy atom. The molecular formula is C36H38N4O10S2. The Bertz CT molecular complexity index is 2000. The fourth-order valence-electron chi connectivity index (χ4n) is 4.74. The van der Waals surface area contributed by atoms with Crippen molar-refractivity contribution in [2.45, 2.75) is 49.3 Å². The number of nitrogens with one attached hydrogen (secondary N) is 4. The van der Waals surface area contributed by atoms with Gasteiger partial charge in [-0.05, 0) is 111 Å². The van der Waals surface area contributed by atoms with Gasteiger partial charge in [-0.3, -0.25) is 0 Å². The van der Waals surface area contributed by atoms with Gasteiger partial charge in [0.15, 0.2) is 0 Å². The average Bonchev–Trinajstić information content (AvgIpc) is 3.09. The first-order valence-corrected chi connectivity index (χ1v) is 19.0. The molecule has 14 nitrogen and oxygen atoms in total. The maximum Gasteiger partial charge on any atom is 0.338 e. The van der Waals surface area contributed by atoms with Crippen molar-refractivity contribution in [3.8, 4) is 0 Å². The molecule has 4 rings (SSSR count). The largest absolute Gasteiger partial charge is 0.462 e. The van der Waals surface area contributed by atoms with Gasteiger partial charge in [0.2, 0.25) is 0 Å². The molecule has 4 aromatic rings. The Kier molecular flexibility index (Phi) is 13.5. The lowest BCUT2D eigenvalue weighted by atomic mass is 10.2. The summed E-state index contributed by atoms with van der Waals surface area (Å²) in [5, 5.41) is 4.81. The van der Waals surface area contributed by atoms with Gasteiger partial charge in [-0.25, -0.2) is 45.5 Å². The third-order valence-electron chi connectivity index (χ3n) is 7.27. The number of carbonyl (C=O) groups is 4. The average molecular weight is 751 g/mol. The van der Waals surface area contributed by atoms with Crippen LogP contribution in [0.2, 0.25) is 0 Å². The first kappa shape index (κ1) is 39.1. The minimum atomic E-state index is -4.10. The summed E-state index contributed by atoms with van der Waals surface area (Å²) in [5.41, 5.74) is 2.15. The van der Waals surface area contributed by atoms with Crippen LogP contribution < -0.4 is 20.1 Å². The second-order valence-corrected chi connectivity index (χ2v) is 15.0. The SMILES string of the molecule is Cc1cccc(S(=O)(=O)NC(=O)Nc2cccc(C(=O)OCCCCCCOC(=O)c3cccc(NC(=O)NS(=O)(=O)c4cccc(C)c4)c3)c2)c1. The fourth-order valence-corrected chi connectivity index (χ4v) is 6.77. The lowest BCUT2D eigenvalue weighted by Gasteiger charge is -2.10. The Morgan fingerprint density at radius 2 is 0.904 bits per heavy atom. The van der Waals surface area contributed by atoms with E-state index < -0.39 is 44.0 Å². The molecule has 0 aliphatic rings. The molecule has 0 radical (unpaired) electrons. The Balaban J connectivity index is 1.12. The summed E-state index contributed by atoms with van der Waals surface area (Å²) in [6, 6.07) is 22.0. The van der Waals surface area contributed by atoms with Crippen LogP contribution in [0.3, 0.4) is 0 Å². The van der Waals surface area contributed by atoms with E-state index in [9.17, 15) is 36.0 Å². The summed E-state index contributed by atoms with van der Waals surface area (Å²) in [7, 11) is -8.19. The predicted octanol–water partition coefficient (Wildman–Crippen LogP) is 5.90. The molecule has 274 valence electrons. The zero-order valence-corrected chi connectivity index (χ0v) is 30.0. The summed E-state index contributed by atoms with van der Waals surface area (Å²) in [6.45, 7) is 3.72. The maximum atomic E-state index is 12.5. The number of esters is 2. The quantitative estimate of drug-likeness (QED) is 0.0837. The maximum absolute atomic E-state index is 12.5. The lowest BCUT2D eigenvalue weighted by Crippen LogP contribution is -2.34. The molecule has 0 atom stereocenters. The van der Waals surface area contributed by atoms with Crippen LogP contribution in [-0.4, -0.2) is 54.1 Å². The molecule has 4 amide bonds. The molecule has 0 saturated carbocycles. The van der Waals surface area contributed by atoms with E-state index in [2.05, 4.69) is 10.6 Å². The van der Waals surface area contributed by atoms with Crippen LogP contribution in [-0.2, 0) is 29.5 Å². The van der Waals surface area contributed by atoms with Gasteiger partial charge in [0.05, 0.1) is 34.1 Å². The summed E-state index contributed by atoms with van der Waals surface area (Å²) in [6.07, 6.45) is 2.46. The number of benzene rings is 4. The van der Waals surface area contributed by atoms with Crippen molar-refractivity contribution in [1.29, 1.82) is 0 Å². The number of sulfonamides is 2. The smallest absolute Gasteiger partial charge is 0.338 e. The molecule has 0 aliphatic heterocycles. The van der Waals surface area contributed by atoms with Crippen LogP contribution in [0.4, 0.5) is 21.0 Å². The van der Waals surface area contributed by atoms with Crippen molar-refractivity contribution in [2.75, 3.05) is 23.8 Å². The van der Waals surface area contributed by atoms with E-state index in [1.165, 1.54) is 72.8 Å². The lowest BCUT2D eigenvalue weighted by molar-refractivity contribution is 0.0474. The van der Waals surface area contributed by atoms with Crippen LogP contribution in [0, 0.1) is 13.8 Å². The van der Waals surface area contributed by atoms with E-state index in [1.54, 1.807) is 38.1 Å². The van der Waals surface area contributed by atoms with Crippen molar-refractivity contribution in [3.05, 3.63) is 119 Å². The van der Waals surface area contributed by atoms with Crippen molar-refractivity contribution in [2.24, 2.45) is 0 Å². The Hall–Kier alpha value is -5.74. The van der Waals surface area contributed by atoms with Gasteiger partial charge in [-0.1, -0.05) is 36.4 Å². The number of unbranched alkanes of at least 4 members (excludes halogenated alkanes) is 3. The number of hydrogen-bond acceptors (Lipinski definition) is 10. The minimum Gasteiger partial charge on any atom is -0.462 e. The Morgan fingerprint density at radius 3 is 1.29 bits per heavy atom. The number of urea groups is 2. The zero-order chi connectivity index (χ0) is 37.7. The predicted molar refractivity (Wildman–Crippen MR) is 193 cm³/mol. The third kappa shape index (κ3) is 11.9.